The Morgan fingerprint density at radius 3 is 2.03 bits per heavy atom. The number of nitrogen functional groups attached to an aromatic ring is 1. The van der Waals surface area contributed by atoms with E-state index in [0.717, 1.165) is 11.1 Å². The van der Waals surface area contributed by atoms with E-state index < -0.39 is 11.7 Å². The van der Waals surface area contributed by atoms with E-state index >= 15 is 0 Å². The van der Waals surface area contributed by atoms with Crippen molar-refractivity contribution < 1.29 is 14.3 Å². The zero-order valence-corrected chi connectivity index (χ0v) is 17.2. The highest BCUT2D eigenvalue weighted by molar-refractivity contribution is 5.94. The molecule has 2 aromatic rings. The maximum atomic E-state index is 12.3. The van der Waals surface area contributed by atoms with Gasteiger partial charge in [0.1, 0.15) is 5.60 Å². The molecule has 0 spiro atoms. The summed E-state index contributed by atoms with van der Waals surface area (Å²) in [5.41, 5.74) is 7.99. The smallest absolute Gasteiger partial charge is 0.407 e. The van der Waals surface area contributed by atoms with Crippen LogP contribution in [0.15, 0.2) is 48.5 Å². The molecule has 0 heterocycles. The lowest BCUT2D eigenvalue weighted by Gasteiger charge is -2.21. The van der Waals surface area contributed by atoms with E-state index in [9.17, 15) is 9.59 Å². The lowest BCUT2D eigenvalue weighted by atomic mass is 10.1. The van der Waals surface area contributed by atoms with Gasteiger partial charge >= 0.3 is 6.09 Å². The summed E-state index contributed by atoms with van der Waals surface area (Å²) in [4.78, 5) is 24.0. The monoisotopic (exact) mass is 393 g/mol. The van der Waals surface area contributed by atoms with Crippen molar-refractivity contribution in [3.05, 3.63) is 65.2 Å². The van der Waals surface area contributed by atoms with Crippen LogP contribution in [0.2, 0.25) is 0 Å². The summed E-state index contributed by atoms with van der Waals surface area (Å²) in [6.45, 7) is 7.46. The number of carbonyl (C=O) groups excluding carboxylic acids is 2. The number of nitrogens with two attached hydrogens (primary N) is 1. The van der Waals surface area contributed by atoms with Crippen LogP contribution in [0.25, 0.3) is 0 Å². The fourth-order valence-corrected chi connectivity index (χ4v) is 2.32. The van der Waals surface area contributed by atoms with E-state index in [0.29, 0.717) is 11.3 Å². The van der Waals surface area contributed by atoms with Crippen molar-refractivity contribution in [2.75, 3.05) is 12.3 Å². The van der Waals surface area contributed by atoms with Crippen molar-refractivity contribution in [1.82, 2.24) is 10.6 Å². The maximum Gasteiger partial charge on any atom is 0.407 e. The molecule has 0 unspecified atom stereocenters. The van der Waals surface area contributed by atoms with Crippen LogP contribution in [0.3, 0.4) is 0 Å². The molecule has 0 saturated carbocycles. The van der Waals surface area contributed by atoms with Crippen LogP contribution in [-0.2, 0) is 4.74 Å². The molecule has 2 amide bonds. The summed E-state index contributed by atoms with van der Waals surface area (Å²) in [6, 6.07) is 14.1. The Hall–Kier alpha value is -3.46. The van der Waals surface area contributed by atoms with Crippen molar-refractivity contribution >= 4 is 17.7 Å². The van der Waals surface area contributed by atoms with Crippen molar-refractivity contribution in [1.29, 1.82) is 0 Å². The molecule has 29 heavy (non-hydrogen) atoms. The molecular weight excluding hydrogens is 366 g/mol. The number of alkyl carbamates (subject to hydrolysis) is 1. The van der Waals surface area contributed by atoms with Crippen LogP contribution in [0.4, 0.5) is 10.5 Å². The SMILES string of the molecule is C[C@H](CNC(=O)OC(C)(C)C)NC(=O)c1ccc(C#Cc2ccc(N)cc2)cc1. The number of rotatable bonds is 4. The molecule has 1 atom stereocenters. The molecule has 0 aromatic heterocycles. The van der Waals surface area contributed by atoms with E-state index in [1.54, 1.807) is 57.2 Å². The third-order valence-corrected chi connectivity index (χ3v) is 3.74. The fourth-order valence-electron chi connectivity index (χ4n) is 2.32. The number of hydrogen-bond donors (Lipinski definition) is 3. The van der Waals surface area contributed by atoms with Gasteiger partial charge in [-0.25, -0.2) is 4.79 Å². The predicted molar refractivity (Wildman–Crippen MR) is 114 cm³/mol. The Morgan fingerprint density at radius 1 is 1.00 bits per heavy atom. The number of hydrogen-bond acceptors (Lipinski definition) is 4. The van der Waals surface area contributed by atoms with Crippen LogP contribution in [0.1, 0.15) is 49.2 Å². The van der Waals surface area contributed by atoms with Gasteiger partial charge in [0, 0.05) is 35.0 Å². The number of ether oxygens (including phenoxy) is 1. The molecule has 0 bridgehead atoms. The molecule has 0 radical (unpaired) electrons. The van der Waals surface area contributed by atoms with Crippen LogP contribution in [0, 0.1) is 11.8 Å². The summed E-state index contributed by atoms with van der Waals surface area (Å²) in [5, 5.41) is 5.48. The molecule has 0 fully saturated rings. The lowest BCUT2D eigenvalue weighted by Crippen LogP contribution is -2.43. The van der Waals surface area contributed by atoms with E-state index in [-0.39, 0.29) is 18.5 Å². The number of carbonyl (C=O) groups is 2. The highest BCUT2D eigenvalue weighted by Gasteiger charge is 2.17. The Balaban J connectivity index is 1.87. The summed E-state index contributed by atoms with van der Waals surface area (Å²) >= 11 is 0. The van der Waals surface area contributed by atoms with Crippen molar-refractivity contribution in [3.63, 3.8) is 0 Å². The molecule has 2 aromatic carbocycles. The maximum absolute atomic E-state index is 12.3. The first kappa shape index (κ1) is 21.8. The van der Waals surface area contributed by atoms with Crippen LogP contribution >= 0.6 is 0 Å². The van der Waals surface area contributed by atoms with Gasteiger partial charge in [-0.3, -0.25) is 4.79 Å². The Kier molecular flexibility index (Phi) is 7.27. The Labute approximate surface area is 171 Å². The number of anilines is 1. The second-order valence-corrected chi connectivity index (χ2v) is 7.71. The third-order valence-electron chi connectivity index (χ3n) is 3.74. The fraction of sp³-hybridized carbons (Fsp3) is 0.304. The lowest BCUT2D eigenvalue weighted by molar-refractivity contribution is 0.0521. The van der Waals surface area contributed by atoms with Gasteiger partial charge in [0.25, 0.3) is 5.91 Å². The highest BCUT2D eigenvalue weighted by atomic mass is 16.6. The summed E-state index contributed by atoms with van der Waals surface area (Å²) in [7, 11) is 0. The minimum Gasteiger partial charge on any atom is -0.444 e. The standard InChI is InChI=1S/C23H27N3O3/c1-16(15-25-22(28)29-23(2,3)4)26-21(27)19-11-7-17(8-12-19)5-6-18-9-13-20(24)14-10-18/h7-14,16H,15,24H2,1-4H3,(H,25,28)(H,26,27)/t16-/m1/s1. The average Bonchev–Trinajstić information content (AvgIpc) is 2.65. The van der Waals surface area contributed by atoms with E-state index in [1.165, 1.54) is 0 Å². The second kappa shape index (κ2) is 9.65. The largest absolute Gasteiger partial charge is 0.444 e. The molecule has 0 aliphatic heterocycles. The van der Waals surface area contributed by atoms with Gasteiger partial charge in [-0.1, -0.05) is 11.8 Å². The summed E-state index contributed by atoms with van der Waals surface area (Å²) in [5.74, 6) is 5.89. The first-order chi connectivity index (χ1) is 13.6. The van der Waals surface area contributed by atoms with Crippen LogP contribution in [-0.4, -0.2) is 30.2 Å². The van der Waals surface area contributed by atoms with Gasteiger partial charge in [-0.2, -0.15) is 0 Å². The van der Waals surface area contributed by atoms with Gasteiger partial charge in [-0.05, 0) is 76.2 Å². The zero-order chi connectivity index (χ0) is 21.4. The highest BCUT2D eigenvalue weighted by Crippen LogP contribution is 2.07. The Bertz CT molecular complexity index is 902. The summed E-state index contributed by atoms with van der Waals surface area (Å²) in [6.07, 6.45) is -0.511. The molecule has 0 aliphatic carbocycles. The van der Waals surface area contributed by atoms with Gasteiger partial charge < -0.3 is 21.1 Å². The van der Waals surface area contributed by atoms with Crippen molar-refractivity contribution in [3.8, 4) is 11.8 Å². The Morgan fingerprint density at radius 2 is 1.52 bits per heavy atom. The molecule has 2 rings (SSSR count). The van der Waals surface area contributed by atoms with Gasteiger partial charge in [0.15, 0.2) is 0 Å². The van der Waals surface area contributed by atoms with Gasteiger partial charge in [-0.15, -0.1) is 0 Å². The number of benzene rings is 2. The molecule has 0 saturated heterocycles. The topological polar surface area (TPSA) is 93.5 Å². The van der Waals surface area contributed by atoms with Gasteiger partial charge in [0.05, 0.1) is 0 Å². The van der Waals surface area contributed by atoms with Crippen LogP contribution < -0.4 is 16.4 Å². The van der Waals surface area contributed by atoms with Crippen molar-refractivity contribution in [2.24, 2.45) is 0 Å². The molecule has 152 valence electrons. The second-order valence-electron chi connectivity index (χ2n) is 7.71. The quantitative estimate of drug-likeness (QED) is 0.549. The predicted octanol–water partition coefficient (Wildman–Crippen LogP) is 3.31. The zero-order valence-electron chi connectivity index (χ0n) is 17.2. The molecule has 6 nitrogen and oxygen atoms in total. The number of nitrogens with one attached hydrogen (secondary N) is 2. The normalized spacial score (nSPS) is 11.6. The van der Waals surface area contributed by atoms with E-state index in [2.05, 4.69) is 22.5 Å². The molecular formula is C23H27N3O3. The number of amides is 2. The average molecular weight is 393 g/mol. The first-order valence-electron chi connectivity index (χ1n) is 9.38. The van der Waals surface area contributed by atoms with Crippen molar-refractivity contribution in [2.45, 2.75) is 39.3 Å². The van der Waals surface area contributed by atoms with Crippen LogP contribution in [0.5, 0.6) is 0 Å². The molecule has 6 heteroatoms. The molecule has 4 N–H and O–H groups in total. The minimum absolute atomic E-state index is 0.221. The van der Waals surface area contributed by atoms with Gasteiger partial charge in [0.2, 0.25) is 0 Å². The minimum atomic E-state index is -0.560. The summed E-state index contributed by atoms with van der Waals surface area (Å²) < 4.78 is 5.17. The molecule has 0 aliphatic rings. The first-order valence-corrected chi connectivity index (χ1v) is 9.38. The van der Waals surface area contributed by atoms with E-state index in [1.807, 2.05) is 19.1 Å². The third kappa shape index (κ3) is 7.97. The van der Waals surface area contributed by atoms with E-state index in [4.69, 9.17) is 10.5 Å².